The molecule has 1 aromatic carbocycles. The van der Waals surface area contributed by atoms with Crippen molar-refractivity contribution < 1.29 is 22.6 Å². The Hall–Kier alpha value is -1.11. The van der Waals surface area contributed by atoms with E-state index in [9.17, 15) is 13.2 Å². The summed E-state index contributed by atoms with van der Waals surface area (Å²) in [4.78, 5) is 6.74. The van der Waals surface area contributed by atoms with Crippen LogP contribution in [0.3, 0.4) is 0 Å². The molecule has 2 heterocycles. The van der Waals surface area contributed by atoms with Crippen molar-refractivity contribution in [3.05, 3.63) is 35.4 Å². The van der Waals surface area contributed by atoms with E-state index in [1.165, 1.54) is 12.8 Å². The van der Waals surface area contributed by atoms with Crippen LogP contribution in [0.4, 0.5) is 13.2 Å². The Morgan fingerprint density at radius 1 is 1.23 bits per heavy atom. The maximum atomic E-state index is 12.1. The fourth-order valence-electron chi connectivity index (χ4n) is 3.66. The molecule has 2 fully saturated rings. The van der Waals surface area contributed by atoms with Crippen molar-refractivity contribution in [2.75, 3.05) is 39.9 Å². The number of rotatable bonds is 7. The van der Waals surface area contributed by atoms with E-state index in [2.05, 4.69) is 25.3 Å². The van der Waals surface area contributed by atoms with Gasteiger partial charge in [0, 0.05) is 32.7 Å². The fourth-order valence-corrected chi connectivity index (χ4v) is 3.66. The summed E-state index contributed by atoms with van der Waals surface area (Å²) < 4.78 is 46.9. The lowest BCUT2D eigenvalue weighted by Crippen LogP contribution is -2.51. The Balaban J connectivity index is 0.00000320. The number of benzene rings is 1. The molecule has 2 saturated heterocycles. The molecule has 0 bridgehead atoms. The molecule has 30 heavy (non-hydrogen) atoms. The summed E-state index contributed by atoms with van der Waals surface area (Å²) >= 11 is 0. The highest BCUT2D eigenvalue weighted by molar-refractivity contribution is 14.0. The minimum absolute atomic E-state index is 0. The number of ether oxygens (including phenoxy) is 2. The summed E-state index contributed by atoms with van der Waals surface area (Å²) in [5, 5.41) is 6.55. The first kappa shape index (κ1) is 25.2. The molecule has 1 aromatic rings. The number of fused-ring (bicyclic) bond motifs is 1. The van der Waals surface area contributed by atoms with Crippen LogP contribution in [-0.2, 0) is 22.6 Å². The van der Waals surface area contributed by atoms with Gasteiger partial charge in [-0.15, -0.1) is 24.0 Å². The number of guanidine groups is 1. The largest absolute Gasteiger partial charge is 0.411 e. The van der Waals surface area contributed by atoms with Gasteiger partial charge in [0.2, 0.25) is 0 Å². The lowest BCUT2D eigenvalue weighted by molar-refractivity contribution is -0.176. The fraction of sp³-hybridized carbons (Fsp3) is 0.650. The Bertz CT molecular complexity index is 673. The molecule has 170 valence electrons. The third-order valence-electron chi connectivity index (χ3n) is 5.20. The predicted octanol–water partition coefficient (Wildman–Crippen LogP) is 2.91. The van der Waals surface area contributed by atoms with Crippen LogP contribution in [0.15, 0.2) is 29.3 Å². The molecule has 3 rings (SSSR count). The van der Waals surface area contributed by atoms with E-state index in [-0.39, 0.29) is 36.7 Å². The van der Waals surface area contributed by atoms with Crippen LogP contribution in [0.25, 0.3) is 0 Å². The molecular weight excluding hydrogens is 512 g/mol. The standard InChI is InChI=1S/C20H29F3N4O2.HI/c1-24-19(26-10-18-11-27-8-2-3-17(27)13-29-18)25-9-15-4-6-16(7-5-15)12-28-14-20(21,22)23;/h4-7,17-18H,2-3,8-14H2,1H3,(H2,24,25,26);1H. The van der Waals surface area contributed by atoms with Gasteiger partial charge < -0.3 is 20.1 Å². The third-order valence-corrected chi connectivity index (χ3v) is 5.20. The Labute approximate surface area is 192 Å². The van der Waals surface area contributed by atoms with Crippen LogP contribution in [-0.4, -0.2) is 69.1 Å². The van der Waals surface area contributed by atoms with Crippen LogP contribution in [0.2, 0.25) is 0 Å². The Kier molecular flexibility index (Phi) is 10.1. The average molecular weight is 542 g/mol. The van der Waals surface area contributed by atoms with Gasteiger partial charge in [-0.25, -0.2) is 0 Å². The van der Waals surface area contributed by atoms with Crippen molar-refractivity contribution in [3.63, 3.8) is 0 Å². The number of aliphatic imine (C=N–C) groups is 1. The van der Waals surface area contributed by atoms with Gasteiger partial charge in [-0.1, -0.05) is 24.3 Å². The topological polar surface area (TPSA) is 58.1 Å². The lowest BCUT2D eigenvalue weighted by atomic mass is 10.1. The molecule has 0 aromatic heterocycles. The van der Waals surface area contributed by atoms with Crippen molar-refractivity contribution in [2.24, 2.45) is 4.99 Å². The highest BCUT2D eigenvalue weighted by Crippen LogP contribution is 2.22. The van der Waals surface area contributed by atoms with Gasteiger partial charge in [0.25, 0.3) is 0 Å². The second-order valence-corrected chi connectivity index (χ2v) is 7.48. The van der Waals surface area contributed by atoms with Crippen molar-refractivity contribution >= 4 is 29.9 Å². The molecular formula is C20H30F3IN4O2. The molecule has 2 unspecified atom stereocenters. The number of hydrogen-bond donors (Lipinski definition) is 2. The van der Waals surface area contributed by atoms with Gasteiger partial charge in [0.1, 0.15) is 6.61 Å². The monoisotopic (exact) mass is 542 g/mol. The first-order chi connectivity index (χ1) is 13.9. The van der Waals surface area contributed by atoms with Gasteiger partial charge in [-0.3, -0.25) is 9.89 Å². The minimum Gasteiger partial charge on any atom is -0.373 e. The first-order valence-electron chi connectivity index (χ1n) is 9.95. The van der Waals surface area contributed by atoms with Crippen molar-refractivity contribution in [3.8, 4) is 0 Å². The van der Waals surface area contributed by atoms with Gasteiger partial charge >= 0.3 is 6.18 Å². The Morgan fingerprint density at radius 3 is 2.67 bits per heavy atom. The number of nitrogens with zero attached hydrogens (tertiary/aromatic N) is 2. The minimum atomic E-state index is -4.30. The second-order valence-electron chi connectivity index (χ2n) is 7.48. The SMILES string of the molecule is CN=C(NCc1ccc(COCC(F)(F)F)cc1)NCC1CN2CCCC2CO1.I. The maximum Gasteiger partial charge on any atom is 0.411 e. The zero-order valence-electron chi connectivity index (χ0n) is 17.1. The number of halogens is 4. The summed E-state index contributed by atoms with van der Waals surface area (Å²) in [6.45, 7) is 2.87. The molecule has 6 nitrogen and oxygen atoms in total. The highest BCUT2D eigenvalue weighted by Gasteiger charge is 2.32. The highest BCUT2D eigenvalue weighted by atomic mass is 127. The average Bonchev–Trinajstić information content (AvgIpc) is 3.16. The van der Waals surface area contributed by atoms with E-state index < -0.39 is 12.8 Å². The number of alkyl halides is 3. The van der Waals surface area contributed by atoms with E-state index in [0.29, 0.717) is 30.7 Å². The lowest BCUT2D eigenvalue weighted by Gasteiger charge is -2.35. The van der Waals surface area contributed by atoms with Crippen LogP contribution in [0.5, 0.6) is 0 Å². The number of nitrogens with one attached hydrogen (secondary N) is 2. The molecule has 10 heteroatoms. The molecule has 0 aliphatic carbocycles. The van der Waals surface area contributed by atoms with Gasteiger partial charge in [0.05, 0.1) is 19.3 Å². The third kappa shape index (κ3) is 8.20. The number of hydrogen-bond acceptors (Lipinski definition) is 4. The van der Waals surface area contributed by atoms with E-state index >= 15 is 0 Å². The number of morpholine rings is 1. The summed E-state index contributed by atoms with van der Waals surface area (Å²) in [5.74, 6) is 0.690. The molecule has 0 spiro atoms. The first-order valence-corrected chi connectivity index (χ1v) is 9.95. The van der Waals surface area contributed by atoms with Crippen LogP contribution in [0, 0.1) is 0 Å². The van der Waals surface area contributed by atoms with Gasteiger partial charge in [-0.2, -0.15) is 13.2 Å². The smallest absolute Gasteiger partial charge is 0.373 e. The quantitative estimate of drug-likeness (QED) is 0.316. The van der Waals surface area contributed by atoms with Gasteiger partial charge in [-0.05, 0) is 30.5 Å². The molecule has 0 amide bonds. The van der Waals surface area contributed by atoms with Crippen molar-refractivity contribution in [1.82, 2.24) is 15.5 Å². The zero-order chi connectivity index (χ0) is 20.7. The van der Waals surface area contributed by atoms with Gasteiger partial charge in [0.15, 0.2) is 5.96 Å². The van der Waals surface area contributed by atoms with Crippen LogP contribution < -0.4 is 10.6 Å². The normalized spacial score (nSPS) is 22.3. The molecule has 2 aliphatic heterocycles. The molecule has 0 saturated carbocycles. The van der Waals surface area contributed by atoms with Crippen LogP contribution >= 0.6 is 24.0 Å². The molecule has 0 radical (unpaired) electrons. The van der Waals surface area contributed by atoms with E-state index in [0.717, 1.165) is 25.3 Å². The summed E-state index contributed by atoms with van der Waals surface area (Å²) in [6, 6.07) is 7.86. The van der Waals surface area contributed by atoms with E-state index in [4.69, 9.17) is 4.74 Å². The Morgan fingerprint density at radius 2 is 1.97 bits per heavy atom. The predicted molar refractivity (Wildman–Crippen MR) is 120 cm³/mol. The zero-order valence-corrected chi connectivity index (χ0v) is 19.4. The van der Waals surface area contributed by atoms with Crippen LogP contribution in [0.1, 0.15) is 24.0 Å². The summed E-state index contributed by atoms with van der Waals surface area (Å²) in [6.07, 6.45) is -1.66. The summed E-state index contributed by atoms with van der Waals surface area (Å²) in [7, 11) is 1.72. The van der Waals surface area contributed by atoms with E-state index in [1.54, 1.807) is 19.2 Å². The molecule has 2 N–H and O–H groups in total. The molecule has 2 atom stereocenters. The van der Waals surface area contributed by atoms with Crippen molar-refractivity contribution in [2.45, 2.75) is 44.3 Å². The van der Waals surface area contributed by atoms with E-state index in [1.807, 2.05) is 12.1 Å². The maximum absolute atomic E-state index is 12.1. The summed E-state index contributed by atoms with van der Waals surface area (Å²) in [5.41, 5.74) is 1.71. The second kappa shape index (κ2) is 12.1. The van der Waals surface area contributed by atoms with Crippen molar-refractivity contribution in [1.29, 1.82) is 0 Å². The molecule has 2 aliphatic rings.